The van der Waals surface area contributed by atoms with Gasteiger partial charge < -0.3 is 5.32 Å². The van der Waals surface area contributed by atoms with Crippen molar-refractivity contribution in [2.24, 2.45) is 0 Å². The summed E-state index contributed by atoms with van der Waals surface area (Å²) in [5, 5.41) is 11.2. The molecule has 1 aromatic rings. The highest BCUT2D eigenvalue weighted by Crippen LogP contribution is 2.24. The first-order valence-corrected chi connectivity index (χ1v) is 4.72. The van der Waals surface area contributed by atoms with E-state index in [-0.39, 0.29) is 18.4 Å². The average molecular weight is 215 g/mol. The minimum atomic E-state index is -0.305. The van der Waals surface area contributed by atoms with Crippen molar-refractivity contribution in [1.29, 1.82) is 5.26 Å². The molecule has 0 aliphatic carbocycles. The van der Waals surface area contributed by atoms with Crippen LogP contribution in [0.25, 0.3) is 0 Å². The summed E-state index contributed by atoms with van der Waals surface area (Å²) in [6, 6.07) is 6.81. The molecule has 16 heavy (non-hydrogen) atoms. The lowest BCUT2D eigenvalue weighted by atomic mass is 10.1. The van der Waals surface area contributed by atoms with Crippen LogP contribution in [-0.4, -0.2) is 30.3 Å². The van der Waals surface area contributed by atoms with Crippen molar-refractivity contribution in [1.82, 2.24) is 4.90 Å². The van der Waals surface area contributed by atoms with Gasteiger partial charge in [0.05, 0.1) is 17.2 Å². The largest absolute Gasteiger partial charge is 0.372 e. The lowest BCUT2D eigenvalue weighted by Crippen LogP contribution is -2.24. The van der Waals surface area contributed by atoms with Crippen LogP contribution in [0.5, 0.6) is 0 Å². The van der Waals surface area contributed by atoms with Gasteiger partial charge in [-0.15, -0.1) is 0 Å². The van der Waals surface area contributed by atoms with Gasteiger partial charge in [0.2, 0.25) is 0 Å². The summed E-state index contributed by atoms with van der Waals surface area (Å²) >= 11 is 0. The molecule has 1 aliphatic heterocycles. The van der Waals surface area contributed by atoms with E-state index in [1.165, 1.54) is 7.05 Å². The predicted octanol–water partition coefficient (Wildman–Crippen LogP) is 0.848. The van der Waals surface area contributed by atoms with Gasteiger partial charge in [-0.25, -0.2) is 0 Å². The Morgan fingerprint density at radius 3 is 2.69 bits per heavy atom. The van der Waals surface area contributed by atoms with Crippen LogP contribution in [0, 0.1) is 11.3 Å². The van der Waals surface area contributed by atoms with Gasteiger partial charge in [0.15, 0.2) is 0 Å². The molecule has 5 heteroatoms. The predicted molar refractivity (Wildman–Crippen MR) is 57.0 cm³/mol. The Bertz CT molecular complexity index is 516. The molecule has 1 aliphatic rings. The molecule has 1 N–H and O–H groups in total. The number of nitrogens with one attached hydrogen (secondary N) is 1. The van der Waals surface area contributed by atoms with E-state index in [1.54, 1.807) is 18.2 Å². The van der Waals surface area contributed by atoms with E-state index in [9.17, 15) is 9.59 Å². The number of amides is 2. The molecule has 1 heterocycles. The number of hydrogen-bond donors (Lipinski definition) is 1. The summed E-state index contributed by atoms with van der Waals surface area (Å²) in [7, 11) is 1.45. The molecule has 0 radical (unpaired) electrons. The Hall–Kier alpha value is -2.35. The zero-order valence-corrected chi connectivity index (χ0v) is 8.65. The van der Waals surface area contributed by atoms with Crippen LogP contribution in [0.2, 0.25) is 0 Å². The van der Waals surface area contributed by atoms with Gasteiger partial charge >= 0.3 is 0 Å². The highest BCUT2D eigenvalue weighted by molar-refractivity contribution is 6.21. The molecule has 2 rings (SSSR count). The third kappa shape index (κ3) is 1.41. The van der Waals surface area contributed by atoms with Crippen LogP contribution in [0.15, 0.2) is 18.2 Å². The summed E-state index contributed by atoms with van der Waals surface area (Å²) in [5.41, 5.74) is 1.46. The second-order valence-corrected chi connectivity index (χ2v) is 3.44. The number of anilines is 1. The molecule has 0 aromatic heterocycles. The van der Waals surface area contributed by atoms with Gasteiger partial charge in [0.25, 0.3) is 11.8 Å². The first-order chi connectivity index (χ1) is 7.65. The second kappa shape index (κ2) is 3.66. The number of imide groups is 1. The number of nitrogens with zero attached hydrogens (tertiary/aromatic N) is 2. The molecular weight excluding hydrogens is 206 g/mol. The first-order valence-electron chi connectivity index (χ1n) is 4.72. The number of carbonyl (C=O) groups excluding carboxylic acids is 2. The lowest BCUT2D eigenvalue weighted by Gasteiger charge is -2.03. The van der Waals surface area contributed by atoms with Crippen molar-refractivity contribution < 1.29 is 9.59 Å². The van der Waals surface area contributed by atoms with E-state index in [0.29, 0.717) is 16.8 Å². The van der Waals surface area contributed by atoms with E-state index >= 15 is 0 Å². The molecule has 0 saturated carbocycles. The highest BCUT2D eigenvalue weighted by Gasteiger charge is 2.32. The van der Waals surface area contributed by atoms with Gasteiger partial charge in [0.1, 0.15) is 6.54 Å². The van der Waals surface area contributed by atoms with Gasteiger partial charge in [-0.2, -0.15) is 5.26 Å². The SMILES string of the molecule is CN1C(=O)c2ccc(NCC#N)cc2C1=O. The molecule has 5 nitrogen and oxygen atoms in total. The van der Waals surface area contributed by atoms with Gasteiger partial charge in [-0.3, -0.25) is 14.5 Å². The molecule has 0 saturated heterocycles. The van der Waals surface area contributed by atoms with E-state index in [4.69, 9.17) is 5.26 Å². The fourth-order valence-corrected chi connectivity index (χ4v) is 1.61. The van der Waals surface area contributed by atoms with Crippen molar-refractivity contribution in [2.75, 3.05) is 18.9 Å². The Morgan fingerprint density at radius 1 is 1.31 bits per heavy atom. The summed E-state index contributed by atoms with van der Waals surface area (Å²) in [6.45, 7) is 0.163. The van der Waals surface area contributed by atoms with Crippen molar-refractivity contribution in [3.63, 3.8) is 0 Å². The minimum Gasteiger partial charge on any atom is -0.372 e. The van der Waals surface area contributed by atoms with Gasteiger partial charge in [-0.05, 0) is 18.2 Å². The smallest absolute Gasteiger partial charge is 0.261 e. The Labute approximate surface area is 92.3 Å². The maximum Gasteiger partial charge on any atom is 0.261 e. The number of rotatable bonds is 2. The van der Waals surface area contributed by atoms with Crippen LogP contribution in [0.1, 0.15) is 20.7 Å². The average Bonchev–Trinajstić information content (AvgIpc) is 2.52. The van der Waals surface area contributed by atoms with Crippen LogP contribution in [-0.2, 0) is 0 Å². The van der Waals surface area contributed by atoms with Crippen molar-refractivity contribution in [3.05, 3.63) is 29.3 Å². The molecule has 1 aromatic carbocycles. The van der Waals surface area contributed by atoms with Crippen molar-refractivity contribution in [3.8, 4) is 6.07 Å². The van der Waals surface area contributed by atoms with Gasteiger partial charge in [-0.1, -0.05) is 0 Å². The van der Waals surface area contributed by atoms with E-state index in [2.05, 4.69) is 5.32 Å². The maximum absolute atomic E-state index is 11.6. The lowest BCUT2D eigenvalue weighted by molar-refractivity contribution is 0.0693. The zero-order valence-electron chi connectivity index (χ0n) is 8.65. The number of fused-ring (bicyclic) bond motifs is 1. The Balaban J connectivity index is 2.38. The molecule has 0 fully saturated rings. The maximum atomic E-state index is 11.6. The molecule has 0 spiro atoms. The second-order valence-electron chi connectivity index (χ2n) is 3.44. The number of carbonyl (C=O) groups is 2. The number of hydrogen-bond acceptors (Lipinski definition) is 4. The third-order valence-corrected chi connectivity index (χ3v) is 2.46. The Kier molecular flexibility index (Phi) is 2.33. The van der Waals surface area contributed by atoms with Crippen LogP contribution < -0.4 is 5.32 Å². The summed E-state index contributed by atoms with van der Waals surface area (Å²) in [6.07, 6.45) is 0. The number of benzene rings is 1. The molecule has 2 amide bonds. The monoisotopic (exact) mass is 215 g/mol. The highest BCUT2D eigenvalue weighted by atomic mass is 16.2. The minimum absolute atomic E-state index is 0.163. The van der Waals surface area contributed by atoms with Crippen molar-refractivity contribution in [2.45, 2.75) is 0 Å². The molecule has 0 unspecified atom stereocenters. The molecule has 80 valence electrons. The van der Waals surface area contributed by atoms with Gasteiger partial charge in [0, 0.05) is 12.7 Å². The topological polar surface area (TPSA) is 73.2 Å². The zero-order chi connectivity index (χ0) is 11.7. The van der Waals surface area contributed by atoms with Crippen molar-refractivity contribution >= 4 is 17.5 Å². The molecular formula is C11H9N3O2. The first kappa shape index (κ1) is 10.2. The molecule has 0 bridgehead atoms. The van der Waals surface area contributed by atoms with E-state index in [1.807, 2.05) is 6.07 Å². The Morgan fingerprint density at radius 2 is 2.00 bits per heavy atom. The fourth-order valence-electron chi connectivity index (χ4n) is 1.61. The van der Waals surface area contributed by atoms with Crippen LogP contribution in [0.3, 0.4) is 0 Å². The van der Waals surface area contributed by atoms with Crippen LogP contribution in [0.4, 0.5) is 5.69 Å². The molecule has 0 atom stereocenters. The standard InChI is InChI=1S/C11H9N3O2/c1-14-10(15)8-3-2-7(13-5-4-12)6-9(8)11(14)16/h2-3,6,13H,5H2,1H3. The summed E-state index contributed by atoms with van der Waals surface area (Å²) in [4.78, 5) is 24.3. The number of nitriles is 1. The normalized spacial score (nSPS) is 13.6. The van der Waals surface area contributed by atoms with E-state index < -0.39 is 0 Å². The van der Waals surface area contributed by atoms with Crippen LogP contribution >= 0.6 is 0 Å². The summed E-state index contributed by atoms with van der Waals surface area (Å²) in [5.74, 6) is -0.590. The quantitative estimate of drug-likeness (QED) is 0.586. The third-order valence-electron chi connectivity index (χ3n) is 2.46. The van der Waals surface area contributed by atoms with E-state index in [0.717, 1.165) is 4.90 Å². The fraction of sp³-hybridized carbons (Fsp3) is 0.182. The summed E-state index contributed by atoms with van der Waals surface area (Å²) < 4.78 is 0.